The fourth-order valence-corrected chi connectivity index (χ4v) is 2.99. The highest BCUT2D eigenvalue weighted by Gasteiger charge is 2.18. The van der Waals surface area contributed by atoms with Crippen molar-refractivity contribution in [1.82, 2.24) is 0 Å². The van der Waals surface area contributed by atoms with Crippen LogP contribution < -0.4 is 14.8 Å². The number of nitrogens with one attached hydrogen (secondary N) is 1. The minimum absolute atomic E-state index is 0.0500. The summed E-state index contributed by atoms with van der Waals surface area (Å²) in [7, 11) is 0. The quantitative estimate of drug-likeness (QED) is 0.548. The van der Waals surface area contributed by atoms with Gasteiger partial charge in [-0.2, -0.15) is 0 Å². The van der Waals surface area contributed by atoms with Gasteiger partial charge in [0.05, 0.1) is 11.4 Å². The Morgan fingerprint density at radius 3 is 2.55 bits per heavy atom. The molecule has 7 nitrogen and oxygen atoms in total. The molecule has 2 aromatic carbocycles. The van der Waals surface area contributed by atoms with Crippen LogP contribution in [0, 0.1) is 0 Å². The Kier molecular flexibility index (Phi) is 6.72. The highest BCUT2D eigenvalue weighted by atomic mass is 35.5. The number of anilines is 1. The maximum Gasteiger partial charge on any atom is 0.310 e. The predicted octanol–water partition coefficient (Wildman–Crippen LogP) is 3.43. The summed E-state index contributed by atoms with van der Waals surface area (Å²) >= 11 is 6.15. The summed E-state index contributed by atoms with van der Waals surface area (Å²) in [6.07, 6.45) is 0.316. The highest BCUT2D eigenvalue weighted by Crippen LogP contribution is 2.38. The van der Waals surface area contributed by atoms with E-state index in [4.69, 9.17) is 25.8 Å². The summed E-state index contributed by atoms with van der Waals surface area (Å²) in [5, 5.41) is 3.05. The first kappa shape index (κ1) is 20.7. The van der Waals surface area contributed by atoms with Crippen molar-refractivity contribution in [1.29, 1.82) is 0 Å². The fourth-order valence-electron chi connectivity index (χ4n) is 2.70. The van der Waals surface area contributed by atoms with Gasteiger partial charge in [0.25, 0.3) is 0 Å². The Labute approximate surface area is 172 Å². The van der Waals surface area contributed by atoms with Gasteiger partial charge in [-0.25, -0.2) is 0 Å². The third-order valence-corrected chi connectivity index (χ3v) is 4.46. The summed E-state index contributed by atoms with van der Waals surface area (Å²) in [4.78, 5) is 35.7. The molecule has 1 aliphatic heterocycles. The molecule has 0 aromatic heterocycles. The average Bonchev–Trinajstić information content (AvgIpc) is 2.72. The number of benzene rings is 2. The second-order valence-electron chi connectivity index (χ2n) is 6.34. The largest absolute Gasteiger partial charge is 0.486 e. The van der Waals surface area contributed by atoms with Crippen molar-refractivity contribution in [2.24, 2.45) is 0 Å². The van der Waals surface area contributed by atoms with E-state index >= 15 is 0 Å². The van der Waals surface area contributed by atoms with Gasteiger partial charge in [-0.1, -0.05) is 18.5 Å². The lowest BCUT2D eigenvalue weighted by Crippen LogP contribution is -2.17. The van der Waals surface area contributed by atoms with E-state index in [2.05, 4.69) is 5.32 Å². The molecule has 1 amide bonds. The summed E-state index contributed by atoms with van der Waals surface area (Å²) in [5.74, 6) is -0.0660. The van der Waals surface area contributed by atoms with Crippen LogP contribution in [-0.2, 0) is 20.7 Å². The van der Waals surface area contributed by atoms with Crippen LogP contribution in [0.4, 0.5) is 5.69 Å². The maximum atomic E-state index is 12.2. The standard InChI is InChI=1S/C21H20ClNO6/c1-2-19(25)23-15-5-3-14(4-6-15)17(24)12-29-20(26)11-13-9-16(22)21-18(10-13)27-7-8-28-21/h3-6,9-10H,2,7-8,11-12H2,1H3,(H,23,25). The number of carbonyl (C=O) groups is 3. The van der Waals surface area contributed by atoms with Gasteiger partial charge in [0, 0.05) is 17.7 Å². The van der Waals surface area contributed by atoms with Gasteiger partial charge < -0.3 is 19.5 Å². The molecular weight excluding hydrogens is 398 g/mol. The number of hydrogen-bond acceptors (Lipinski definition) is 6. The van der Waals surface area contributed by atoms with Crippen LogP contribution in [0.2, 0.25) is 5.02 Å². The molecule has 0 atom stereocenters. The highest BCUT2D eigenvalue weighted by molar-refractivity contribution is 6.32. The minimum atomic E-state index is -0.557. The Bertz CT molecular complexity index is 926. The number of ketones is 1. The first-order chi connectivity index (χ1) is 14.0. The molecule has 29 heavy (non-hydrogen) atoms. The molecule has 0 saturated heterocycles. The Hall–Kier alpha value is -3.06. The molecule has 3 rings (SSSR count). The lowest BCUT2D eigenvalue weighted by molar-refractivity contribution is -0.141. The lowest BCUT2D eigenvalue weighted by Gasteiger charge is -2.20. The summed E-state index contributed by atoms with van der Waals surface area (Å²) in [6.45, 7) is 2.20. The third kappa shape index (κ3) is 5.48. The van der Waals surface area contributed by atoms with Gasteiger partial charge in [0.2, 0.25) is 5.91 Å². The van der Waals surface area contributed by atoms with Crippen LogP contribution in [0.1, 0.15) is 29.3 Å². The molecule has 1 aliphatic rings. The van der Waals surface area contributed by atoms with Gasteiger partial charge >= 0.3 is 5.97 Å². The monoisotopic (exact) mass is 417 g/mol. The molecule has 0 saturated carbocycles. The number of fused-ring (bicyclic) bond motifs is 1. The molecule has 152 valence electrons. The molecule has 0 bridgehead atoms. The normalized spacial score (nSPS) is 12.2. The van der Waals surface area contributed by atoms with Gasteiger partial charge in [-0.3, -0.25) is 14.4 Å². The van der Waals surface area contributed by atoms with E-state index in [1.165, 1.54) is 0 Å². The topological polar surface area (TPSA) is 90.9 Å². The number of rotatable bonds is 7. The van der Waals surface area contributed by atoms with Gasteiger partial charge in [0.1, 0.15) is 13.2 Å². The molecule has 1 heterocycles. The zero-order valence-electron chi connectivity index (χ0n) is 15.8. The first-order valence-corrected chi connectivity index (χ1v) is 9.51. The predicted molar refractivity (Wildman–Crippen MR) is 107 cm³/mol. The Balaban J connectivity index is 1.53. The van der Waals surface area contributed by atoms with Crippen LogP contribution >= 0.6 is 11.6 Å². The fraction of sp³-hybridized carbons (Fsp3) is 0.286. The van der Waals surface area contributed by atoms with E-state index in [1.807, 2.05) is 0 Å². The van der Waals surface area contributed by atoms with Crippen LogP contribution in [0.25, 0.3) is 0 Å². The molecule has 0 radical (unpaired) electrons. The molecule has 0 aliphatic carbocycles. The van der Waals surface area contributed by atoms with Gasteiger partial charge in [-0.05, 0) is 42.0 Å². The number of ether oxygens (including phenoxy) is 3. The molecule has 1 N–H and O–H groups in total. The number of amides is 1. The number of halogens is 1. The van der Waals surface area contributed by atoms with Crippen molar-refractivity contribution in [3.8, 4) is 11.5 Å². The Morgan fingerprint density at radius 2 is 1.83 bits per heavy atom. The zero-order chi connectivity index (χ0) is 20.8. The van der Waals surface area contributed by atoms with E-state index in [-0.39, 0.29) is 24.7 Å². The smallest absolute Gasteiger partial charge is 0.310 e. The maximum absolute atomic E-state index is 12.2. The van der Waals surface area contributed by atoms with E-state index in [0.29, 0.717) is 53.0 Å². The van der Waals surface area contributed by atoms with Crippen LogP contribution in [-0.4, -0.2) is 37.5 Å². The van der Waals surface area contributed by atoms with Crippen molar-refractivity contribution < 1.29 is 28.6 Å². The van der Waals surface area contributed by atoms with Crippen molar-refractivity contribution in [2.45, 2.75) is 19.8 Å². The summed E-state index contributed by atoms with van der Waals surface area (Å²) in [6, 6.07) is 9.68. The van der Waals surface area contributed by atoms with Crippen LogP contribution in [0.15, 0.2) is 36.4 Å². The van der Waals surface area contributed by atoms with Gasteiger partial charge in [0.15, 0.2) is 23.9 Å². The third-order valence-electron chi connectivity index (χ3n) is 4.18. The average molecular weight is 418 g/mol. The number of esters is 1. The van der Waals surface area contributed by atoms with Gasteiger partial charge in [-0.15, -0.1) is 0 Å². The molecule has 8 heteroatoms. The van der Waals surface area contributed by atoms with Crippen LogP contribution in [0.5, 0.6) is 11.5 Å². The lowest BCUT2D eigenvalue weighted by atomic mass is 10.1. The van der Waals surface area contributed by atoms with Crippen LogP contribution in [0.3, 0.4) is 0 Å². The second kappa shape index (κ2) is 9.43. The van der Waals surface area contributed by atoms with Crippen molar-refractivity contribution in [2.75, 3.05) is 25.1 Å². The van der Waals surface area contributed by atoms with E-state index in [9.17, 15) is 14.4 Å². The van der Waals surface area contributed by atoms with Crippen molar-refractivity contribution in [3.63, 3.8) is 0 Å². The molecular formula is C21H20ClNO6. The first-order valence-electron chi connectivity index (χ1n) is 9.13. The number of carbonyl (C=O) groups excluding carboxylic acids is 3. The van der Waals surface area contributed by atoms with Crippen molar-refractivity contribution >= 4 is 34.9 Å². The molecule has 0 spiro atoms. The Morgan fingerprint density at radius 1 is 1.10 bits per heavy atom. The zero-order valence-corrected chi connectivity index (χ0v) is 16.6. The van der Waals surface area contributed by atoms with Crippen molar-refractivity contribution in [3.05, 3.63) is 52.5 Å². The molecule has 2 aromatic rings. The summed E-state index contributed by atoms with van der Waals surface area (Å²) in [5.41, 5.74) is 1.59. The molecule has 0 unspecified atom stereocenters. The van der Waals surface area contributed by atoms with E-state index in [0.717, 1.165) is 0 Å². The summed E-state index contributed by atoms with van der Waals surface area (Å²) < 4.78 is 16.0. The second-order valence-corrected chi connectivity index (χ2v) is 6.75. The minimum Gasteiger partial charge on any atom is -0.486 e. The van der Waals surface area contributed by atoms with E-state index in [1.54, 1.807) is 43.3 Å². The molecule has 0 fully saturated rings. The van der Waals surface area contributed by atoms with E-state index < -0.39 is 5.97 Å². The SMILES string of the molecule is CCC(=O)Nc1ccc(C(=O)COC(=O)Cc2cc(Cl)c3c(c2)OCCO3)cc1. The number of Topliss-reactive ketones (excluding diaryl/α,β-unsaturated/α-hetero) is 1. The number of hydrogen-bond donors (Lipinski definition) is 1.